The molecule has 4 atom stereocenters. The van der Waals surface area contributed by atoms with Gasteiger partial charge < -0.3 is 29.5 Å². The number of carbonyl (C=O) groups is 2. The third kappa shape index (κ3) is 9.03. The quantitative estimate of drug-likeness (QED) is 0.403. The maximum absolute atomic E-state index is 11.4. The van der Waals surface area contributed by atoms with Crippen molar-refractivity contribution in [2.24, 2.45) is 0 Å². The fourth-order valence-electron chi connectivity index (χ4n) is 2.93. The second-order valence-corrected chi connectivity index (χ2v) is 8.01. The smallest absolute Gasteiger partial charge is 0.335 e. The summed E-state index contributed by atoms with van der Waals surface area (Å²) in [6.07, 6.45) is -0.768. The zero-order valence-electron chi connectivity index (χ0n) is 20.6. The van der Waals surface area contributed by atoms with Crippen molar-refractivity contribution in [2.75, 3.05) is 6.61 Å². The van der Waals surface area contributed by atoms with Crippen LogP contribution in [0.2, 0.25) is 0 Å². The molecule has 0 saturated carbocycles. The maximum Gasteiger partial charge on any atom is 0.335 e. The average Bonchev–Trinajstić information content (AvgIpc) is 2.80. The van der Waals surface area contributed by atoms with Crippen LogP contribution in [0.4, 0.5) is 0 Å². The molecule has 0 amide bonds. The summed E-state index contributed by atoms with van der Waals surface area (Å²) >= 11 is 0. The monoisotopic (exact) mass is 476 g/mol. The molecule has 34 heavy (non-hydrogen) atoms. The van der Waals surface area contributed by atoms with Gasteiger partial charge in [-0.2, -0.15) is 0 Å². The lowest BCUT2D eigenvalue weighted by Crippen LogP contribution is -2.38. The predicted molar refractivity (Wildman–Crippen MR) is 128 cm³/mol. The normalized spacial score (nSPS) is 15.1. The Morgan fingerprint density at radius 2 is 1.29 bits per heavy atom. The Balaban J connectivity index is 0.000000340. The van der Waals surface area contributed by atoms with Crippen molar-refractivity contribution in [2.45, 2.75) is 71.9 Å². The van der Waals surface area contributed by atoms with Crippen molar-refractivity contribution in [3.63, 3.8) is 0 Å². The number of rotatable bonds is 10. The molecule has 0 saturated heterocycles. The molecule has 0 bridgehead atoms. The minimum atomic E-state index is -1.18. The van der Waals surface area contributed by atoms with E-state index >= 15 is 0 Å². The number of aliphatic carboxylic acids is 1. The van der Waals surface area contributed by atoms with Gasteiger partial charge in [0.05, 0.1) is 18.8 Å². The number of benzene rings is 2. The van der Waals surface area contributed by atoms with Gasteiger partial charge in [-0.15, -0.1) is 0 Å². The number of carbonyl (C=O) groups excluding carboxylic acids is 1. The minimum absolute atomic E-state index is 0.178. The highest BCUT2D eigenvalue weighted by Gasteiger charge is 2.34. The molecule has 0 aliphatic carbocycles. The van der Waals surface area contributed by atoms with Crippen molar-refractivity contribution in [3.8, 4) is 11.5 Å². The predicted octanol–water partition coefficient (Wildman–Crippen LogP) is 5.14. The highest BCUT2D eigenvalue weighted by molar-refractivity contribution is 5.76. The molecule has 8 nitrogen and oxygen atoms in total. The third-order valence-corrected chi connectivity index (χ3v) is 5.32. The van der Waals surface area contributed by atoms with Gasteiger partial charge in [-0.25, -0.2) is 9.59 Å². The van der Waals surface area contributed by atoms with Crippen LogP contribution in [0.15, 0.2) is 48.5 Å². The second-order valence-electron chi connectivity index (χ2n) is 8.01. The maximum atomic E-state index is 11.4. The number of esters is 1. The van der Waals surface area contributed by atoms with E-state index in [-0.39, 0.29) is 29.7 Å². The van der Waals surface area contributed by atoms with E-state index in [1.807, 2.05) is 6.92 Å². The van der Waals surface area contributed by atoms with Crippen LogP contribution in [0.1, 0.15) is 71.3 Å². The Kier molecular flexibility index (Phi) is 11.5. The molecule has 0 unspecified atom stereocenters. The lowest BCUT2D eigenvalue weighted by molar-refractivity contribution is -0.171. The summed E-state index contributed by atoms with van der Waals surface area (Å²) in [4.78, 5) is 22.5. The Labute approximate surface area is 201 Å². The Morgan fingerprint density at radius 1 is 0.853 bits per heavy atom. The third-order valence-electron chi connectivity index (χ3n) is 5.32. The molecule has 2 rings (SSSR count). The van der Waals surface area contributed by atoms with Gasteiger partial charge in [0.2, 0.25) is 0 Å². The number of carboxylic acids is 1. The largest absolute Gasteiger partial charge is 0.508 e. The zero-order chi connectivity index (χ0) is 25.9. The summed E-state index contributed by atoms with van der Waals surface area (Å²) in [5.74, 6) is -0.944. The second kappa shape index (κ2) is 13.6. The van der Waals surface area contributed by atoms with Crippen LogP contribution in [0, 0.1) is 0 Å². The van der Waals surface area contributed by atoms with E-state index in [1.165, 1.54) is 0 Å². The van der Waals surface area contributed by atoms with E-state index in [0.717, 1.165) is 11.1 Å². The van der Waals surface area contributed by atoms with Gasteiger partial charge in [0.15, 0.2) is 11.7 Å². The number of ether oxygens (including phenoxy) is 3. The summed E-state index contributed by atoms with van der Waals surface area (Å²) in [6, 6.07) is 13.2. The molecule has 0 fully saturated rings. The van der Waals surface area contributed by atoms with Crippen molar-refractivity contribution in [1.82, 2.24) is 0 Å². The van der Waals surface area contributed by atoms with Crippen LogP contribution in [0.5, 0.6) is 11.5 Å². The van der Waals surface area contributed by atoms with Gasteiger partial charge in [0, 0.05) is 0 Å². The molecule has 0 heterocycles. The summed E-state index contributed by atoms with van der Waals surface area (Å²) in [5, 5.41) is 27.4. The van der Waals surface area contributed by atoms with Crippen LogP contribution in [-0.2, 0) is 23.8 Å². The number of hydrogen-bond donors (Lipinski definition) is 3. The summed E-state index contributed by atoms with van der Waals surface area (Å²) in [5.41, 5.74) is 0.555. The standard InChI is InChI=1S/2C13H18O4/c1-4-13(3,12(15)16)17-9(2)10-5-7-11(14)8-6-10;1-4-16-13(15)10(3)17-9(2)11-5-7-12(14)8-6-11/h5-9,14H,4H2,1-3H3,(H,15,16);5-10,14H,4H2,1-3H3/t9-,13-;9-,10+/m01/s1. The van der Waals surface area contributed by atoms with Crippen molar-refractivity contribution < 1.29 is 39.1 Å². The van der Waals surface area contributed by atoms with Gasteiger partial charge in [-0.3, -0.25) is 0 Å². The number of carboxylic acid groups (broad SMARTS) is 1. The average molecular weight is 477 g/mol. The van der Waals surface area contributed by atoms with E-state index in [9.17, 15) is 14.7 Å². The highest BCUT2D eigenvalue weighted by atomic mass is 16.6. The number of phenolic OH excluding ortho intramolecular Hbond substituents is 2. The van der Waals surface area contributed by atoms with Gasteiger partial charge in [0.25, 0.3) is 0 Å². The van der Waals surface area contributed by atoms with Crippen molar-refractivity contribution in [3.05, 3.63) is 59.7 Å². The van der Waals surface area contributed by atoms with Crippen LogP contribution in [-0.4, -0.2) is 45.6 Å². The Hall–Kier alpha value is -3.10. The fraction of sp³-hybridized carbons (Fsp3) is 0.462. The van der Waals surface area contributed by atoms with Crippen LogP contribution < -0.4 is 0 Å². The number of phenols is 2. The first-order valence-electron chi connectivity index (χ1n) is 11.2. The summed E-state index contributed by atoms with van der Waals surface area (Å²) in [7, 11) is 0. The van der Waals surface area contributed by atoms with E-state index < -0.39 is 17.7 Å². The number of aromatic hydroxyl groups is 2. The first-order valence-corrected chi connectivity index (χ1v) is 11.2. The van der Waals surface area contributed by atoms with Crippen molar-refractivity contribution >= 4 is 11.9 Å². The Bertz CT molecular complexity index is 892. The topological polar surface area (TPSA) is 123 Å². The highest BCUT2D eigenvalue weighted by Crippen LogP contribution is 2.27. The molecule has 0 aliphatic rings. The SMILES string of the molecule is CCOC(=O)[C@H](C)O[C@H](C)c1ccc(O)cc1.CC[C@](C)(O[C@@H](C)c1ccc(O)cc1)C(=O)O. The lowest BCUT2D eigenvalue weighted by Gasteiger charge is -2.28. The zero-order valence-corrected chi connectivity index (χ0v) is 20.6. The molecule has 3 N–H and O–H groups in total. The molecule has 0 spiro atoms. The summed E-state index contributed by atoms with van der Waals surface area (Å²) < 4.78 is 16.0. The van der Waals surface area contributed by atoms with E-state index in [4.69, 9.17) is 24.4 Å². The molecular weight excluding hydrogens is 440 g/mol. The van der Waals surface area contributed by atoms with E-state index in [2.05, 4.69) is 0 Å². The molecule has 8 heteroatoms. The molecule has 2 aromatic rings. The molecule has 0 radical (unpaired) electrons. The van der Waals surface area contributed by atoms with Crippen LogP contribution in [0.25, 0.3) is 0 Å². The molecule has 188 valence electrons. The Morgan fingerprint density at radius 3 is 1.68 bits per heavy atom. The summed E-state index contributed by atoms with van der Waals surface area (Å²) in [6.45, 7) is 10.7. The van der Waals surface area contributed by atoms with E-state index in [0.29, 0.717) is 13.0 Å². The van der Waals surface area contributed by atoms with Gasteiger partial charge >= 0.3 is 11.9 Å². The first-order chi connectivity index (χ1) is 15.9. The minimum Gasteiger partial charge on any atom is -0.508 e. The molecule has 2 aromatic carbocycles. The van der Waals surface area contributed by atoms with E-state index in [1.54, 1.807) is 83.1 Å². The van der Waals surface area contributed by atoms with Gasteiger partial charge in [-0.1, -0.05) is 31.2 Å². The van der Waals surface area contributed by atoms with Crippen LogP contribution in [0.3, 0.4) is 0 Å². The fourth-order valence-corrected chi connectivity index (χ4v) is 2.93. The molecule has 0 aliphatic heterocycles. The molecule has 0 aromatic heterocycles. The molecular formula is C26H36O8. The van der Waals surface area contributed by atoms with Gasteiger partial charge in [-0.05, 0) is 76.4 Å². The van der Waals surface area contributed by atoms with Gasteiger partial charge in [0.1, 0.15) is 11.5 Å². The van der Waals surface area contributed by atoms with Crippen LogP contribution >= 0.6 is 0 Å². The number of hydrogen-bond acceptors (Lipinski definition) is 7. The van der Waals surface area contributed by atoms with Crippen molar-refractivity contribution in [1.29, 1.82) is 0 Å². The first kappa shape index (κ1) is 28.9. The lowest BCUT2D eigenvalue weighted by atomic mass is 10.0.